The molecular weight excluding hydrogens is 364 g/mol. The first-order valence-electron chi connectivity index (χ1n) is 8.60. The summed E-state index contributed by atoms with van der Waals surface area (Å²) in [7, 11) is 0. The highest BCUT2D eigenvalue weighted by Crippen LogP contribution is 2.34. The van der Waals surface area contributed by atoms with Gasteiger partial charge in [0.15, 0.2) is 0 Å². The third-order valence-electron chi connectivity index (χ3n) is 4.18. The van der Waals surface area contributed by atoms with Crippen LogP contribution in [0.2, 0.25) is 0 Å². The van der Waals surface area contributed by atoms with Gasteiger partial charge >= 0.3 is 5.97 Å². The van der Waals surface area contributed by atoms with E-state index in [-0.39, 0.29) is 11.5 Å². The molecule has 1 aliphatic rings. The molecule has 1 atom stereocenters. The highest BCUT2D eigenvalue weighted by Gasteiger charge is 2.41. The average molecular weight is 384 g/mol. The zero-order valence-corrected chi connectivity index (χ0v) is 16.2. The number of benzene rings is 1. The molecular formula is C20H20N2O4S. The summed E-state index contributed by atoms with van der Waals surface area (Å²) in [6, 6.07) is 10.8. The van der Waals surface area contributed by atoms with Crippen LogP contribution in [0, 0.1) is 6.92 Å². The fourth-order valence-corrected chi connectivity index (χ4v) is 3.73. The Bertz CT molecular complexity index is 932. The van der Waals surface area contributed by atoms with Gasteiger partial charge in [-0.05, 0) is 68.4 Å². The molecule has 2 amide bonds. The number of carbonyl (C=O) groups is 3. The van der Waals surface area contributed by atoms with Gasteiger partial charge < -0.3 is 9.30 Å². The van der Waals surface area contributed by atoms with E-state index in [1.165, 1.54) is 6.92 Å². The molecule has 0 N–H and O–H groups in total. The molecule has 1 aromatic carbocycles. The molecule has 1 saturated heterocycles. The highest BCUT2D eigenvalue weighted by molar-refractivity contribution is 8.18. The van der Waals surface area contributed by atoms with Crippen LogP contribution in [0.15, 0.2) is 47.5 Å². The van der Waals surface area contributed by atoms with Gasteiger partial charge in [-0.3, -0.25) is 14.5 Å². The van der Waals surface area contributed by atoms with Gasteiger partial charge in [-0.2, -0.15) is 0 Å². The van der Waals surface area contributed by atoms with Crippen molar-refractivity contribution in [2.75, 3.05) is 6.61 Å². The predicted octanol–water partition coefficient (Wildman–Crippen LogP) is 3.77. The smallest absolute Gasteiger partial charge is 0.329 e. The molecule has 2 heterocycles. The number of imide groups is 1. The summed E-state index contributed by atoms with van der Waals surface area (Å²) in [4.78, 5) is 38.1. The molecule has 7 heteroatoms. The second-order valence-electron chi connectivity index (χ2n) is 6.12. The number of aryl methyl sites for hydroxylation is 1. The Hall–Kier alpha value is -2.80. The number of thioether (sulfide) groups is 1. The minimum absolute atomic E-state index is 0.194. The summed E-state index contributed by atoms with van der Waals surface area (Å²) in [5, 5.41) is -0.472. The number of hydrogen-bond acceptors (Lipinski definition) is 5. The maximum Gasteiger partial charge on any atom is 0.329 e. The molecule has 1 fully saturated rings. The highest BCUT2D eigenvalue weighted by atomic mass is 32.2. The van der Waals surface area contributed by atoms with Crippen LogP contribution >= 0.6 is 11.8 Å². The second kappa shape index (κ2) is 7.84. The summed E-state index contributed by atoms with van der Waals surface area (Å²) < 4.78 is 6.86. The first-order valence-corrected chi connectivity index (χ1v) is 9.42. The predicted molar refractivity (Wildman–Crippen MR) is 104 cm³/mol. The van der Waals surface area contributed by atoms with E-state index >= 15 is 0 Å². The molecule has 0 unspecified atom stereocenters. The SMILES string of the molecule is CCOC(=O)[C@H](C)N1C(=O)S/C(=C/c2cccn2-c2cccc(C)c2)C1=O. The molecule has 0 bridgehead atoms. The summed E-state index contributed by atoms with van der Waals surface area (Å²) in [6.45, 7) is 5.37. The largest absolute Gasteiger partial charge is 0.464 e. The maximum atomic E-state index is 12.7. The Morgan fingerprint density at radius 2 is 2.04 bits per heavy atom. The summed E-state index contributed by atoms with van der Waals surface area (Å²) >= 11 is 0.828. The van der Waals surface area contributed by atoms with Gasteiger partial charge in [0.25, 0.3) is 11.1 Å². The maximum absolute atomic E-state index is 12.7. The zero-order chi connectivity index (χ0) is 19.6. The van der Waals surface area contributed by atoms with Crippen LogP contribution in [-0.4, -0.2) is 39.2 Å². The topological polar surface area (TPSA) is 68.6 Å². The van der Waals surface area contributed by atoms with Crippen LogP contribution in [-0.2, 0) is 14.3 Å². The standard InChI is InChI=1S/C20H20N2O4S/c1-4-26-19(24)14(3)22-18(23)17(27-20(22)25)12-16-9-6-10-21(16)15-8-5-7-13(2)11-15/h5-12,14H,4H2,1-3H3/b17-12+/t14-/m0/s1. The van der Waals surface area contributed by atoms with Gasteiger partial charge in [-0.15, -0.1) is 0 Å². The molecule has 0 spiro atoms. The Kier molecular flexibility index (Phi) is 5.51. The van der Waals surface area contributed by atoms with E-state index in [1.54, 1.807) is 13.0 Å². The summed E-state index contributed by atoms with van der Waals surface area (Å²) in [5.41, 5.74) is 2.86. The minimum Gasteiger partial charge on any atom is -0.464 e. The monoisotopic (exact) mass is 384 g/mol. The van der Waals surface area contributed by atoms with Crippen LogP contribution in [0.3, 0.4) is 0 Å². The first kappa shape index (κ1) is 19.0. The summed E-state index contributed by atoms with van der Waals surface area (Å²) in [5.74, 6) is -1.08. The average Bonchev–Trinajstić information content (AvgIpc) is 3.19. The molecule has 2 aromatic rings. The molecule has 0 aliphatic carbocycles. The third kappa shape index (κ3) is 3.83. The lowest BCUT2D eigenvalue weighted by Crippen LogP contribution is -2.42. The summed E-state index contributed by atoms with van der Waals surface area (Å²) in [6.07, 6.45) is 3.57. The number of hydrogen-bond donors (Lipinski definition) is 0. The molecule has 1 aromatic heterocycles. The van der Waals surface area contributed by atoms with Crippen molar-refractivity contribution < 1.29 is 19.1 Å². The van der Waals surface area contributed by atoms with Gasteiger partial charge in [-0.25, -0.2) is 4.79 Å². The molecule has 140 valence electrons. The zero-order valence-electron chi connectivity index (χ0n) is 15.3. The van der Waals surface area contributed by atoms with Gasteiger partial charge in [0.2, 0.25) is 0 Å². The van der Waals surface area contributed by atoms with E-state index in [9.17, 15) is 14.4 Å². The Balaban J connectivity index is 1.89. The van der Waals surface area contributed by atoms with Crippen molar-refractivity contribution in [2.45, 2.75) is 26.8 Å². The number of esters is 1. The van der Waals surface area contributed by atoms with Crippen LogP contribution in [0.25, 0.3) is 11.8 Å². The van der Waals surface area contributed by atoms with E-state index in [1.807, 2.05) is 54.1 Å². The van der Waals surface area contributed by atoms with Crippen LogP contribution in [0.4, 0.5) is 4.79 Å². The van der Waals surface area contributed by atoms with E-state index in [2.05, 4.69) is 0 Å². The van der Waals surface area contributed by atoms with Crippen LogP contribution < -0.4 is 0 Å². The Morgan fingerprint density at radius 3 is 2.74 bits per heavy atom. The Morgan fingerprint density at radius 1 is 1.26 bits per heavy atom. The molecule has 27 heavy (non-hydrogen) atoms. The number of ether oxygens (including phenoxy) is 1. The quantitative estimate of drug-likeness (QED) is 0.580. The lowest BCUT2D eigenvalue weighted by Gasteiger charge is -2.19. The molecule has 0 saturated carbocycles. The normalized spacial score (nSPS) is 16.9. The van der Waals surface area contributed by atoms with Crippen molar-refractivity contribution >= 4 is 35.0 Å². The van der Waals surface area contributed by atoms with Crippen molar-refractivity contribution in [1.82, 2.24) is 9.47 Å². The van der Waals surface area contributed by atoms with Crippen molar-refractivity contribution in [3.05, 3.63) is 58.8 Å². The molecule has 1 aliphatic heterocycles. The van der Waals surface area contributed by atoms with Crippen LogP contribution in [0.1, 0.15) is 25.1 Å². The number of amides is 2. The van der Waals surface area contributed by atoms with E-state index < -0.39 is 23.2 Å². The molecule has 6 nitrogen and oxygen atoms in total. The lowest BCUT2D eigenvalue weighted by atomic mass is 10.2. The number of aromatic nitrogens is 1. The van der Waals surface area contributed by atoms with E-state index in [0.29, 0.717) is 0 Å². The van der Waals surface area contributed by atoms with Gasteiger partial charge in [0, 0.05) is 17.6 Å². The Labute approximate surface area is 161 Å². The lowest BCUT2D eigenvalue weighted by molar-refractivity contribution is -0.150. The number of nitrogens with zero attached hydrogens (tertiary/aromatic N) is 2. The molecule has 0 radical (unpaired) electrons. The van der Waals surface area contributed by atoms with Gasteiger partial charge in [-0.1, -0.05) is 12.1 Å². The number of carbonyl (C=O) groups excluding carboxylic acids is 3. The van der Waals surface area contributed by atoms with Crippen molar-refractivity contribution in [3.8, 4) is 5.69 Å². The number of rotatable bonds is 5. The van der Waals surface area contributed by atoms with Gasteiger partial charge in [0.1, 0.15) is 6.04 Å². The fourth-order valence-electron chi connectivity index (χ4n) is 2.84. The first-order chi connectivity index (χ1) is 12.9. The van der Waals surface area contributed by atoms with Crippen molar-refractivity contribution in [2.24, 2.45) is 0 Å². The molecule has 3 rings (SSSR count). The third-order valence-corrected chi connectivity index (χ3v) is 5.06. The van der Waals surface area contributed by atoms with Gasteiger partial charge in [0.05, 0.1) is 11.5 Å². The van der Waals surface area contributed by atoms with E-state index in [0.717, 1.165) is 33.6 Å². The van der Waals surface area contributed by atoms with Crippen LogP contribution in [0.5, 0.6) is 0 Å². The minimum atomic E-state index is -0.952. The van der Waals surface area contributed by atoms with Crippen molar-refractivity contribution in [3.63, 3.8) is 0 Å². The van der Waals surface area contributed by atoms with E-state index in [4.69, 9.17) is 4.74 Å². The fraction of sp³-hybridized carbons (Fsp3) is 0.250. The second-order valence-corrected chi connectivity index (χ2v) is 7.11. The van der Waals surface area contributed by atoms with Crippen molar-refractivity contribution in [1.29, 1.82) is 0 Å².